The summed E-state index contributed by atoms with van der Waals surface area (Å²) in [4.78, 5) is 32.1. The van der Waals surface area contributed by atoms with Crippen molar-refractivity contribution in [1.82, 2.24) is 10.3 Å². The standard InChI is InChI=1S/C23H27N3O3S/c27-21(9-10-23(28)26-13-14-30-20-8-4-3-7-19(20)26)25-16-17-11-12-24-22(15-17)29-18-5-1-2-6-18/h3-4,7-8,11-12,15,18H,1-2,5-6,9-10,13-14,16H2,(H,25,27). The smallest absolute Gasteiger partial charge is 0.227 e. The minimum absolute atomic E-state index is 0.00550. The van der Waals surface area contributed by atoms with Crippen LogP contribution in [0.5, 0.6) is 5.88 Å². The van der Waals surface area contributed by atoms with E-state index in [0.29, 0.717) is 19.0 Å². The van der Waals surface area contributed by atoms with Gasteiger partial charge in [0.25, 0.3) is 0 Å². The Bertz CT molecular complexity index is 899. The van der Waals surface area contributed by atoms with Gasteiger partial charge in [0.1, 0.15) is 6.10 Å². The van der Waals surface area contributed by atoms with Gasteiger partial charge in [0.05, 0.1) is 5.69 Å². The summed E-state index contributed by atoms with van der Waals surface area (Å²) in [5, 5.41) is 2.90. The minimum atomic E-state index is -0.127. The molecule has 0 radical (unpaired) electrons. The lowest BCUT2D eigenvalue weighted by atomic mass is 10.2. The lowest BCUT2D eigenvalue weighted by Crippen LogP contribution is -2.36. The summed E-state index contributed by atoms with van der Waals surface area (Å²) >= 11 is 1.76. The maximum absolute atomic E-state index is 12.7. The van der Waals surface area contributed by atoms with Gasteiger partial charge in [0.15, 0.2) is 0 Å². The number of fused-ring (bicyclic) bond motifs is 1. The van der Waals surface area contributed by atoms with Crippen LogP contribution < -0.4 is 15.0 Å². The van der Waals surface area contributed by atoms with Crippen molar-refractivity contribution in [2.75, 3.05) is 17.2 Å². The Morgan fingerprint density at radius 2 is 2.00 bits per heavy atom. The van der Waals surface area contributed by atoms with E-state index in [0.717, 1.165) is 34.7 Å². The van der Waals surface area contributed by atoms with Crippen molar-refractivity contribution in [3.8, 4) is 5.88 Å². The molecule has 2 amide bonds. The highest BCUT2D eigenvalue weighted by Gasteiger charge is 2.23. The molecule has 158 valence electrons. The third-order valence-corrected chi connectivity index (χ3v) is 6.52. The fourth-order valence-corrected chi connectivity index (χ4v) is 4.87. The third-order valence-electron chi connectivity index (χ3n) is 5.47. The number of para-hydroxylation sites is 1. The van der Waals surface area contributed by atoms with E-state index in [1.807, 2.05) is 36.4 Å². The van der Waals surface area contributed by atoms with Gasteiger partial charge in [-0.3, -0.25) is 9.59 Å². The highest BCUT2D eigenvalue weighted by atomic mass is 32.2. The first-order valence-corrected chi connectivity index (χ1v) is 11.6. The lowest BCUT2D eigenvalue weighted by Gasteiger charge is -2.29. The predicted octanol–water partition coefficient (Wildman–Crippen LogP) is 3.94. The zero-order valence-corrected chi connectivity index (χ0v) is 17.8. The third kappa shape index (κ3) is 5.33. The molecular formula is C23H27N3O3S. The summed E-state index contributed by atoms with van der Waals surface area (Å²) in [5.41, 5.74) is 1.89. The molecule has 2 aromatic rings. The second-order valence-electron chi connectivity index (χ2n) is 7.66. The van der Waals surface area contributed by atoms with E-state index >= 15 is 0 Å². The van der Waals surface area contributed by atoms with E-state index < -0.39 is 0 Å². The van der Waals surface area contributed by atoms with Gasteiger partial charge in [-0.05, 0) is 49.4 Å². The highest BCUT2D eigenvalue weighted by Crippen LogP contribution is 2.34. The molecule has 1 fully saturated rings. The number of pyridine rings is 1. The van der Waals surface area contributed by atoms with Gasteiger partial charge in [0, 0.05) is 48.8 Å². The topological polar surface area (TPSA) is 71.5 Å². The maximum atomic E-state index is 12.7. The second kappa shape index (κ2) is 9.98. The van der Waals surface area contributed by atoms with E-state index in [1.165, 1.54) is 12.8 Å². The average molecular weight is 426 g/mol. The minimum Gasteiger partial charge on any atom is -0.474 e. The fraction of sp³-hybridized carbons (Fsp3) is 0.435. The molecule has 0 saturated heterocycles. The number of thioether (sulfide) groups is 1. The molecule has 1 saturated carbocycles. The number of aromatic nitrogens is 1. The zero-order valence-electron chi connectivity index (χ0n) is 17.0. The number of amides is 2. The van der Waals surface area contributed by atoms with E-state index in [-0.39, 0.29) is 30.8 Å². The van der Waals surface area contributed by atoms with Crippen LogP contribution in [-0.4, -0.2) is 35.2 Å². The Labute approximate surface area is 181 Å². The molecule has 7 heteroatoms. The summed E-state index contributed by atoms with van der Waals surface area (Å²) in [7, 11) is 0. The molecule has 0 atom stereocenters. The Balaban J connectivity index is 1.24. The summed E-state index contributed by atoms with van der Waals surface area (Å²) < 4.78 is 5.92. The predicted molar refractivity (Wildman–Crippen MR) is 118 cm³/mol. The Morgan fingerprint density at radius 3 is 2.87 bits per heavy atom. The van der Waals surface area contributed by atoms with Crippen molar-refractivity contribution < 1.29 is 14.3 Å². The van der Waals surface area contributed by atoms with Crippen LogP contribution in [0.25, 0.3) is 0 Å². The van der Waals surface area contributed by atoms with Crippen LogP contribution in [0.15, 0.2) is 47.5 Å². The molecule has 0 unspecified atom stereocenters. The van der Waals surface area contributed by atoms with Gasteiger partial charge in [0.2, 0.25) is 17.7 Å². The van der Waals surface area contributed by atoms with Gasteiger partial charge >= 0.3 is 0 Å². The van der Waals surface area contributed by atoms with E-state index in [4.69, 9.17) is 4.74 Å². The van der Waals surface area contributed by atoms with Gasteiger partial charge in [-0.25, -0.2) is 4.98 Å². The van der Waals surface area contributed by atoms with E-state index in [9.17, 15) is 9.59 Å². The van der Waals surface area contributed by atoms with Crippen LogP contribution in [0, 0.1) is 0 Å². The number of nitrogens with zero attached hydrogens (tertiary/aromatic N) is 2. The van der Waals surface area contributed by atoms with Gasteiger partial charge in [-0.15, -0.1) is 11.8 Å². The van der Waals surface area contributed by atoms with Gasteiger partial charge < -0.3 is 15.0 Å². The van der Waals surface area contributed by atoms with E-state index in [1.54, 1.807) is 22.9 Å². The van der Waals surface area contributed by atoms with Gasteiger partial charge in [-0.1, -0.05) is 12.1 Å². The molecular weight excluding hydrogens is 398 g/mol. The van der Waals surface area contributed by atoms with Crippen LogP contribution in [0.2, 0.25) is 0 Å². The largest absolute Gasteiger partial charge is 0.474 e. The zero-order chi connectivity index (χ0) is 20.8. The number of benzene rings is 1. The molecule has 1 aromatic carbocycles. The first kappa shape index (κ1) is 20.7. The van der Waals surface area contributed by atoms with Crippen molar-refractivity contribution >= 4 is 29.3 Å². The monoisotopic (exact) mass is 425 g/mol. The lowest BCUT2D eigenvalue weighted by molar-refractivity contribution is -0.125. The first-order chi connectivity index (χ1) is 14.7. The van der Waals surface area contributed by atoms with Crippen molar-refractivity contribution in [3.05, 3.63) is 48.2 Å². The van der Waals surface area contributed by atoms with Crippen molar-refractivity contribution in [3.63, 3.8) is 0 Å². The molecule has 6 nitrogen and oxygen atoms in total. The highest BCUT2D eigenvalue weighted by molar-refractivity contribution is 7.99. The van der Waals surface area contributed by atoms with Crippen LogP contribution in [0.3, 0.4) is 0 Å². The van der Waals surface area contributed by atoms with E-state index in [2.05, 4.69) is 10.3 Å². The molecule has 0 spiro atoms. The number of carbonyl (C=O) groups is 2. The molecule has 2 aliphatic rings. The van der Waals surface area contributed by atoms with Crippen molar-refractivity contribution in [2.45, 2.75) is 56.1 Å². The van der Waals surface area contributed by atoms with Gasteiger partial charge in [-0.2, -0.15) is 0 Å². The molecule has 1 aliphatic heterocycles. The Hall–Kier alpha value is -2.54. The normalized spacial score (nSPS) is 16.2. The quantitative estimate of drug-likeness (QED) is 0.728. The number of ether oxygens (including phenoxy) is 1. The molecule has 1 aromatic heterocycles. The van der Waals surface area contributed by atoms with Crippen LogP contribution in [0.1, 0.15) is 44.1 Å². The molecule has 1 aliphatic carbocycles. The number of rotatable bonds is 7. The molecule has 30 heavy (non-hydrogen) atoms. The summed E-state index contributed by atoms with van der Waals surface area (Å²) in [6.07, 6.45) is 6.93. The van der Waals surface area contributed by atoms with Crippen LogP contribution in [-0.2, 0) is 16.1 Å². The second-order valence-corrected chi connectivity index (χ2v) is 8.80. The molecule has 4 rings (SSSR count). The number of hydrogen-bond donors (Lipinski definition) is 1. The Morgan fingerprint density at radius 1 is 1.17 bits per heavy atom. The maximum Gasteiger partial charge on any atom is 0.227 e. The fourth-order valence-electron chi connectivity index (χ4n) is 3.87. The molecule has 2 heterocycles. The van der Waals surface area contributed by atoms with Crippen LogP contribution >= 0.6 is 11.8 Å². The number of hydrogen-bond acceptors (Lipinski definition) is 5. The first-order valence-electron chi connectivity index (χ1n) is 10.6. The average Bonchev–Trinajstić information content (AvgIpc) is 3.29. The summed E-state index contributed by atoms with van der Waals surface area (Å²) in [5.74, 6) is 1.36. The number of nitrogens with one attached hydrogen (secondary N) is 1. The number of anilines is 1. The summed E-state index contributed by atoms with van der Waals surface area (Å²) in [6, 6.07) is 11.7. The molecule has 1 N–H and O–H groups in total. The van der Waals surface area contributed by atoms with Crippen LogP contribution in [0.4, 0.5) is 5.69 Å². The number of carbonyl (C=O) groups excluding carboxylic acids is 2. The Kier molecular flexibility index (Phi) is 6.89. The van der Waals surface area contributed by atoms with Crippen molar-refractivity contribution in [2.24, 2.45) is 0 Å². The SMILES string of the molecule is O=C(CCC(=O)N1CCSc2ccccc21)NCc1ccnc(OC2CCCC2)c1. The summed E-state index contributed by atoms with van der Waals surface area (Å²) in [6.45, 7) is 1.09. The van der Waals surface area contributed by atoms with Crippen molar-refractivity contribution in [1.29, 1.82) is 0 Å². The molecule has 0 bridgehead atoms.